The van der Waals surface area contributed by atoms with Crippen LogP contribution >= 0.6 is 10.8 Å². The van der Waals surface area contributed by atoms with Crippen LogP contribution in [-0.4, -0.2) is 63.9 Å². The van der Waals surface area contributed by atoms with E-state index in [2.05, 4.69) is 5.32 Å². The fraction of sp³-hybridized carbons (Fsp3) is 0.529. The maximum absolute atomic E-state index is 14.7. The van der Waals surface area contributed by atoms with Gasteiger partial charge in [0.2, 0.25) is 5.91 Å². The van der Waals surface area contributed by atoms with Crippen LogP contribution < -0.4 is 10.2 Å². The number of rotatable bonds is 4. The first-order chi connectivity index (χ1) is 12.7. The Morgan fingerprint density at radius 2 is 2.15 bits per heavy atom. The van der Waals surface area contributed by atoms with E-state index in [1.165, 1.54) is 22.2 Å². The van der Waals surface area contributed by atoms with Crippen LogP contribution in [0.1, 0.15) is 24.8 Å². The Labute approximate surface area is 158 Å². The molecule has 2 amide bonds. The van der Waals surface area contributed by atoms with Crippen molar-refractivity contribution in [3.8, 4) is 0 Å². The lowest BCUT2D eigenvalue weighted by molar-refractivity contribution is -0.119. The fourth-order valence-corrected chi connectivity index (χ4v) is 4.67. The number of carbonyl (C=O) groups is 2. The third-order valence-electron chi connectivity index (χ3n) is 4.91. The number of amides is 2. The lowest BCUT2D eigenvalue weighted by Crippen LogP contribution is -2.35. The molecule has 0 spiro atoms. The van der Waals surface area contributed by atoms with E-state index in [0.717, 1.165) is 0 Å². The van der Waals surface area contributed by atoms with Gasteiger partial charge in [0, 0.05) is 26.4 Å². The van der Waals surface area contributed by atoms with E-state index in [9.17, 15) is 23.1 Å². The highest BCUT2D eigenvalue weighted by atomic mass is 32.3. The number of hydrogen-bond donors (Lipinski definition) is 3. The van der Waals surface area contributed by atoms with Gasteiger partial charge in [0.25, 0.3) is 0 Å². The predicted octanol–water partition coefficient (Wildman–Crippen LogP) is 2.37. The summed E-state index contributed by atoms with van der Waals surface area (Å²) in [6, 6.07) is 4.59. The molecule has 10 heteroatoms. The number of halogens is 1. The molecule has 2 fully saturated rings. The smallest absolute Gasteiger partial charge is 0.414 e. The van der Waals surface area contributed by atoms with Crippen molar-refractivity contribution in [3.05, 3.63) is 29.6 Å². The lowest BCUT2D eigenvalue weighted by atomic mass is 9.95. The maximum Gasteiger partial charge on any atom is 0.414 e. The second-order valence-electron chi connectivity index (χ2n) is 6.89. The molecule has 2 atom stereocenters. The third kappa shape index (κ3) is 4.34. The number of nitrogens with one attached hydrogen (secondary N) is 1. The summed E-state index contributed by atoms with van der Waals surface area (Å²) in [6.07, 6.45) is -0.585. The van der Waals surface area contributed by atoms with Crippen molar-refractivity contribution in [1.29, 1.82) is 0 Å². The molecule has 1 aromatic rings. The van der Waals surface area contributed by atoms with Gasteiger partial charge in [-0.25, -0.2) is 13.5 Å². The van der Waals surface area contributed by atoms with Crippen molar-refractivity contribution in [2.75, 3.05) is 37.3 Å². The Morgan fingerprint density at radius 3 is 2.78 bits per heavy atom. The highest BCUT2D eigenvalue weighted by Gasteiger charge is 2.34. The summed E-state index contributed by atoms with van der Waals surface area (Å²) in [5, 5.41) is 2.59. The molecule has 2 aliphatic rings. The Bertz CT molecular complexity index is 747. The molecule has 150 valence electrons. The van der Waals surface area contributed by atoms with Gasteiger partial charge in [-0.05, 0) is 24.1 Å². The van der Waals surface area contributed by atoms with Crippen molar-refractivity contribution in [2.24, 2.45) is 0 Å². The number of ether oxygens (including phenoxy) is 1. The first-order valence-electron chi connectivity index (χ1n) is 8.66. The summed E-state index contributed by atoms with van der Waals surface area (Å²) in [5.74, 6) is -0.600. The van der Waals surface area contributed by atoms with Crippen LogP contribution in [0.15, 0.2) is 18.2 Å². The van der Waals surface area contributed by atoms with Crippen molar-refractivity contribution >= 4 is 28.5 Å². The first kappa shape index (κ1) is 19.9. The van der Waals surface area contributed by atoms with Gasteiger partial charge in [-0.15, -0.1) is 10.8 Å². The number of nitrogens with zero attached hydrogens (tertiary/aromatic N) is 2. The van der Waals surface area contributed by atoms with Gasteiger partial charge in [-0.1, -0.05) is 6.07 Å². The number of likely N-dealkylation sites (N-methyl/N-ethyl adjacent to an activating group) is 1. The quantitative estimate of drug-likeness (QED) is 0.716. The number of anilines is 1. The van der Waals surface area contributed by atoms with E-state index in [4.69, 9.17) is 4.74 Å². The van der Waals surface area contributed by atoms with E-state index < -0.39 is 28.8 Å². The van der Waals surface area contributed by atoms with E-state index in [-0.39, 0.29) is 30.7 Å². The normalized spacial score (nSPS) is 26.6. The summed E-state index contributed by atoms with van der Waals surface area (Å²) >= 11 is 0. The molecule has 2 aliphatic heterocycles. The molecule has 0 aromatic heterocycles. The van der Waals surface area contributed by atoms with Crippen LogP contribution in [0.25, 0.3) is 0 Å². The number of hydrogen-bond acceptors (Lipinski definition) is 6. The van der Waals surface area contributed by atoms with E-state index in [1.54, 1.807) is 19.2 Å². The molecule has 3 rings (SSSR count). The van der Waals surface area contributed by atoms with E-state index >= 15 is 0 Å². The van der Waals surface area contributed by atoms with Crippen LogP contribution in [-0.2, 0) is 9.53 Å². The molecular weight excluding hydrogens is 377 g/mol. The third-order valence-corrected chi connectivity index (χ3v) is 6.84. The summed E-state index contributed by atoms with van der Waals surface area (Å²) in [4.78, 5) is 24.4. The molecule has 2 heterocycles. The average molecular weight is 401 g/mol. The fourth-order valence-electron chi connectivity index (χ4n) is 3.34. The van der Waals surface area contributed by atoms with Crippen LogP contribution in [0.3, 0.4) is 0 Å². The maximum atomic E-state index is 14.7. The van der Waals surface area contributed by atoms with Gasteiger partial charge in [0.15, 0.2) is 0 Å². The molecule has 8 nitrogen and oxygen atoms in total. The second kappa shape index (κ2) is 7.63. The van der Waals surface area contributed by atoms with Crippen molar-refractivity contribution in [3.63, 3.8) is 0 Å². The van der Waals surface area contributed by atoms with E-state index in [1.807, 2.05) is 0 Å². The minimum atomic E-state index is -2.75. The van der Waals surface area contributed by atoms with Gasteiger partial charge in [0.1, 0.15) is 11.9 Å². The lowest BCUT2D eigenvalue weighted by Gasteiger charge is -2.46. The highest BCUT2D eigenvalue weighted by Crippen LogP contribution is 2.49. The predicted molar refractivity (Wildman–Crippen MR) is 100 cm³/mol. The van der Waals surface area contributed by atoms with Crippen LogP contribution in [0.4, 0.5) is 14.9 Å². The SMILES string of the molecule is CC(=O)NC[C@H]1CN(c2ccc(C3CCS(O)(O)N(C)C3)c(F)c2)C(=O)O1. The van der Waals surface area contributed by atoms with Gasteiger partial charge in [-0.3, -0.25) is 18.8 Å². The van der Waals surface area contributed by atoms with Crippen LogP contribution in [0.2, 0.25) is 0 Å². The number of benzene rings is 1. The summed E-state index contributed by atoms with van der Waals surface area (Å²) < 4.78 is 41.1. The molecule has 1 unspecified atom stereocenters. The molecule has 27 heavy (non-hydrogen) atoms. The summed E-state index contributed by atoms with van der Waals surface area (Å²) in [6.45, 7) is 2.16. The second-order valence-corrected chi connectivity index (χ2v) is 9.19. The average Bonchev–Trinajstić information content (AvgIpc) is 2.96. The number of carbonyl (C=O) groups excluding carboxylic acids is 2. The molecule has 0 saturated carbocycles. The Kier molecular flexibility index (Phi) is 5.61. The molecule has 0 aliphatic carbocycles. The Hall–Kier alpha value is -1.88. The Balaban J connectivity index is 1.70. The molecule has 0 bridgehead atoms. The zero-order chi connectivity index (χ0) is 19.8. The van der Waals surface area contributed by atoms with Gasteiger partial charge >= 0.3 is 6.09 Å². The van der Waals surface area contributed by atoms with Gasteiger partial charge in [-0.2, -0.15) is 0 Å². The van der Waals surface area contributed by atoms with Crippen molar-refractivity contribution in [2.45, 2.75) is 25.4 Å². The van der Waals surface area contributed by atoms with Crippen molar-refractivity contribution < 1.29 is 27.8 Å². The van der Waals surface area contributed by atoms with Crippen molar-refractivity contribution in [1.82, 2.24) is 9.62 Å². The molecule has 2 saturated heterocycles. The van der Waals surface area contributed by atoms with Crippen LogP contribution in [0.5, 0.6) is 0 Å². The highest BCUT2D eigenvalue weighted by molar-refractivity contribution is 8.22. The van der Waals surface area contributed by atoms with Crippen LogP contribution in [0, 0.1) is 5.82 Å². The molecular formula is C17H24FN3O5S. The van der Waals surface area contributed by atoms with Gasteiger partial charge < -0.3 is 10.1 Å². The molecule has 1 aromatic carbocycles. The minimum Gasteiger partial charge on any atom is -0.442 e. The first-order valence-corrected chi connectivity index (χ1v) is 10.3. The zero-order valence-corrected chi connectivity index (χ0v) is 16.0. The van der Waals surface area contributed by atoms with E-state index in [0.29, 0.717) is 24.2 Å². The minimum absolute atomic E-state index is 0.151. The largest absolute Gasteiger partial charge is 0.442 e. The molecule has 3 N–H and O–H groups in total. The Morgan fingerprint density at radius 1 is 1.41 bits per heavy atom. The topological polar surface area (TPSA) is 102 Å². The monoisotopic (exact) mass is 401 g/mol. The van der Waals surface area contributed by atoms with Gasteiger partial charge in [0.05, 0.1) is 24.5 Å². The summed E-state index contributed by atoms with van der Waals surface area (Å²) in [5.41, 5.74) is 0.878. The number of cyclic esters (lactones) is 1. The standard InChI is InChI=1S/C17H24FN3O5S/c1-11(22)19-8-14-10-21(17(23)26-14)13-3-4-15(16(18)7-13)12-5-6-27(24,25)20(2)9-12/h3-4,7,12,14,24-25H,5-6,8-10H2,1-2H3,(H,19,22)/t12?,14-/m0/s1. The summed E-state index contributed by atoms with van der Waals surface area (Å²) in [7, 11) is -1.14. The molecule has 0 radical (unpaired) electrons. The zero-order valence-electron chi connectivity index (χ0n) is 15.2.